The molecule has 0 saturated carbocycles. The summed E-state index contributed by atoms with van der Waals surface area (Å²) in [5.74, 6) is -0.363. The van der Waals surface area contributed by atoms with Crippen LogP contribution in [0.3, 0.4) is 0 Å². The second kappa shape index (κ2) is 8.54. The van der Waals surface area contributed by atoms with E-state index in [1.807, 2.05) is 67.0 Å². The fraction of sp³-hybridized carbons (Fsp3) is 0.120. The van der Waals surface area contributed by atoms with E-state index in [2.05, 4.69) is 27.5 Å². The highest BCUT2D eigenvalue weighted by atomic mass is 16.1. The summed E-state index contributed by atoms with van der Waals surface area (Å²) >= 11 is 0. The van der Waals surface area contributed by atoms with E-state index in [9.17, 15) is 10.1 Å². The van der Waals surface area contributed by atoms with E-state index in [4.69, 9.17) is 0 Å². The zero-order valence-electron chi connectivity index (χ0n) is 16.6. The molecule has 1 amide bonds. The maximum atomic E-state index is 12.6. The SMILES string of the molecule is C=CCn1cc(/C=C(\C#N)C(=O)NCCc2c[nH]c3ccccc23)c2ccccc21. The molecule has 2 heterocycles. The molecular weight excluding hydrogens is 372 g/mol. The lowest BCUT2D eigenvalue weighted by atomic mass is 10.1. The van der Waals surface area contributed by atoms with Crippen LogP contribution in [0.4, 0.5) is 0 Å². The first-order chi connectivity index (χ1) is 14.7. The van der Waals surface area contributed by atoms with Crippen molar-refractivity contribution in [2.45, 2.75) is 13.0 Å². The van der Waals surface area contributed by atoms with E-state index in [-0.39, 0.29) is 11.5 Å². The van der Waals surface area contributed by atoms with E-state index >= 15 is 0 Å². The molecule has 0 bridgehead atoms. The van der Waals surface area contributed by atoms with Gasteiger partial charge in [-0.3, -0.25) is 4.79 Å². The van der Waals surface area contributed by atoms with Gasteiger partial charge in [0.05, 0.1) is 0 Å². The number of para-hydroxylation sites is 2. The summed E-state index contributed by atoms with van der Waals surface area (Å²) in [6.45, 7) is 4.91. The summed E-state index contributed by atoms with van der Waals surface area (Å²) < 4.78 is 2.05. The van der Waals surface area contributed by atoms with Crippen molar-refractivity contribution in [3.63, 3.8) is 0 Å². The Kier molecular flexibility index (Phi) is 5.49. The number of carbonyl (C=O) groups excluding carboxylic acids is 1. The van der Waals surface area contributed by atoms with Crippen LogP contribution in [-0.2, 0) is 17.8 Å². The molecule has 0 atom stereocenters. The maximum absolute atomic E-state index is 12.6. The Labute approximate surface area is 174 Å². The molecular formula is C25H22N4O. The standard InChI is InChI=1S/C25H22N4O/c1-2-13-29-17-20(22-8-4-6-10-24(22)29)14-19(15-26)25(30)27-12-11-18-16-28-23-9-5-3-7-21(18)23/h2-10,14,16-17,28H,1,11-13H2,(H,27,30)/b19-14+. The van der Waals surface area contributed by atoms with Crippen LogP contribution in [0, 0.1) is 11.3 Å². The van der Waals surface area contributed by atoms with Gasteiger partial charge in [0.1, 0.15) is 11.6 Å². The zero-order chi connectivity index (χ0) is 20.9. The molecule has 0 saturated heterocycles. The number of fused-ring (bicyclic) bond motifs is 2. The van der Waals surface area contributed by atoms with Crippen LogP contribution < -0.4 is 5.32 Å². The van der Waals surface area contributed by atoms with Gasteiger partial charge in [0, 0.05) is 52.9 Å². The Bertz CT molecular complexity index is 1300. The summed E-state index contributed by atoms with van der Waals surface area (Å²) in [7, 11) is 0. The third-order valence-corrected chi connectivity index (χ3v) is 5.16. The van der Waals surface area contributed by atoms with Gasteiger partial charge in [0.25, 0.3) is 5.91 Å². The van der Waals surface area contributed by atoms with Gasteiger partial charge in [-0.15, -0.1) is 6.58 Å². The lowest BCUT2D eigenvalue weighted by molar-refractivity contribution is -0.117. The number of aromatic amines is 1. The van der Waals surface area contributed by atoms with Crippen LogP contribution in [-0.4, -0.2) is 22.0 Å². The van der Waals surface area contributed by atoms with Crippen molar-refractivity contribution < 1.29 is 4.79 Å². The summed E-state index contributed by atoms with van der Waals surface area (Å²) in [5.41, 5.74) is 4.19. The van der Waals surface area contributed by atoms with Crippen molar-refractivity contribution in [1.82, 2.24) is 14.9 Å². The molecule has 0 unspecified atom stereocenters. The van der Waals surface area contributed by atoms with Crippen molar-refractivity contribution in [2.24, 2.45) is 0 Å². The predicted molar refractivity (Wildman–Crippen MR) is 121 cm³/mol. The molecule has 4 rings (SSSR count). The molecule has 0 aliphatic heterocycles. The van der Waals surface area contributed by atoms with Crippen LogP contribution in [0.25, 0.3) is 27.9 Å². The number of carbonyl (C=O) groups is 1. The molecule has 4 aromatic rings. The van der Waals surface area contributed by atoms with Crippen LogP contribution >= 0.6 is 0 Å². The summed E-state index contributed by atoms with van der Waals surface area (Å²) in [4.78, 5) is 15.8. The zero-order valence-corrected chi connectivity index (χ0v) is 16.6. The van der Waals surface area contributed by atoms with E-state index in [1.54, 1.807) is 6.08 Å². The molecule has 0 aliphatic rings. The molecule has 30 heavy (non-hydrogen) atoms. The monoisotopic (exact) mass is 394 g/mol. The highest BCUT2D eigenvalue weighted by Gasteiger charge is 2.12. The number of nitriles is 1. The van der Waals surface area contributed by atoms with E-state index in [0.717, 1.165) is 32.9 Å². The van der Waals surface area contributed by atoms with E-state index in [0.29, 0.717) is 19.5 Å². The highest BCUT2D eigenvalue weighted by molar-refractivity contribution is 6.04. The van der Waals surface area contributed by atoms with Crippen molar-refractivity contribution in [1.29, 1.82) is 5.26 Å². The largest absolute Gasteiger partial charge is 0.361 e. The summed E-state index contributed by atoms with van der Waals surface area (Å²) in [6.07, 6.45) is 8.08. The normalized spacial score (nSPS) is 11.5. The second-order valence-electron chi connectivity index (χ2n) is 7.08. The molecule has 0 spiro atoms. The Morgan fingerprint density at radius 2 is 1.93 bits per heavy atom. The summed E-state index contributed by atoms with van der Waals surface area (Å²) in [6, 6.07) is 18.0. The average Bonchev–Trinajstić information content (AvgIpc) is 3.34. The van der Waals surface area contributed by atoms with Crippen LogP contribution in [0.15, 0.2) is 79.2 Å². The predicted octanol–water partition coefficient (Wildman–Crippen LogP) is 4.57. The van der Waals surface area contributed by atoms with Crippen molar-refractivity contribution in [2.75, 3.05) is 6.54 Å². The first-order valence-corrected chi connectivity index (χ1v) is 9.85. The van der Waals surface area contributed by atoms with E-state index in [1.165, 1.54) is 0 Å². The highest BCUT2D eigenvalue weighted by Crippen LogP contribution is 2.24. The Balaban J connectivity index is 1.50. The maximum Gasteiger partial charge on any atom is 0.261 e. The lowest BCUT2D eigenvalue weighted by Gasteiger charge is -2.04. The third-order valence-electron chi connectivity index (χ3n) is 5.16. The molecule has 2 aromatic carbocycles. The summed E-state index contributed by atoms with van der Waals surface area (Å²) in [5, 5.41) is 14.6. The molecule has 0 fully saturated rings. The van der Waals surface area contributed by atoms with Gasteiger partial charge >= 0.3 is 0 Å². The van der Waals surface area contributed by atoms with E-state index < -0.39 is 0 Å². The Hall–Kier alpha value is -4.04. The smallest absolute Gasteiger partial charge is 0.261 e. The van der Waals surface area contributed by atoms with Crippen LogP contribution in [0.1, 0.15) is 11.1 Å². The number of nitrogens with zero attached hydrogens (tertiary/aromatic N) is 2. The van der Waals surface area contributed by atoms with Gasteiger partial charge in [-0.2, -0.15) is 5.26 Å². The molecule has 5 heteroatoms. The topological polar surface area (TPSA) is 73.6 Å². The van der Waals surface area contributed by atoms with Crippen molar-refractivity contribution in [3.05, 3.63) is 90.3 Å². The Morgan fingerprint density at radius 1 is 1.17 bits per heavy atom. The van der Waals surface area contributed by atoms with Gasteiger partial charge in [-0.1, -0.05) is 42.5 Å². The van der Waals surface area contributed by atoms with Crippen molar-refractivity contribution in [3.8, 4) is 6.07 Å². The van der Waals surface area contributed by atoms with Gasteiger partial charge in [0.15, 0.2) is 0 Å². The Morgan fingerprint density at radius 3 is 2.73 bits per heavy atom. The van der Waals surface area contributed by atoms with Crippen LogP contribution in [0.5, 0.6) is 0 Å². The third kappa shape index (κ3) is 3.76. The number of nitrogens with one attached hydrogen (secondary N) is 2. The minimum Gasteiger partial charge on any atom is -0.361 e. The van der Waals surface area contributed by atoms with Gasteiger partial charge in [0.2, 0.25) is 0 Å². The number of amides is 1. The number of allylic oxidation sites excluding steroid dienone is 1. The quantitative estimate of drug-likeness (QED) is 0.274. The number of H-pyrrole nitrogens is 1. The number of hydrogen-bond donors (Lipinski definition) is 2. The second-order valence-corrected chi connectivity index (χ2v) is 7.08. The van der Waals surface area contributed by atoms with Crippen LogP contribution in [0.2, 0.25) is 0 Å². The first-order valence-electron chi connectivity index (χ1n) is 9.85. The fourth-order valence-electron chi connectivity index (χ4n) is 3.73. The number of rotatable bonds is 7. The minimum absolute atomic E-state index is 0.0930. The molecule has 2 aromatic heterocycles. The van der Waals surface area contributed by atoms with Crippen molar-refractivity contribution >= 4 is 33.8 Å². The van der Waals surface area contributed by atoms with Gasteiger partial charge < -0.3 is 14.9 Å². The molecule has 2 N–H and O–H groups in total. The number of aromatic nitrogens is 2. The molecule has 0 radical (unpaired) electrons. The lowest BCUT2D eigenvalue weighted by Crippen LogP contribution is -2.26. The fourth-order valence-corrected chi connectivity index (χ4v) is 3.73. The minimum atomic E-state index is -0.363. The molecule has 0 aliphatic carbocycles. The molecule has 5 nitrogen and oxygen atoms in total. The molecule has 148 valence electrons. The first kappa shape index (κ1) is 19.3. The van der Waals surface area contributed by atoms with Gasteiger partial charge in [-0.25, -0.2) is 0 Å². The number of hydrogen-bond acceptors (Lipinski definition) is 2. The average molecular weight is 394 g/mol. The van der Waals surface area contributed by atoms with Gasteiger partial charge in [-0.05, 0) is 30.2 Å². The number of benzene rings is 2.